The van der Waals surface area contributed by atoms with Gasteiger partial charge >= 0.3 is 0 Å². The molecule has 0 unspecified atom stereocenters. The topological polar surface area (TPSA) is 125 Å². The third kappa shape index (κ3) is 6.61. The van der Waals surface area contributed by atoms with E-state index in [4.69, 9.17) is 9.52 Å². The quantitative estimate of drug-likeness (QED) is 0.236. The molecule has 1 aliphatic heterocycles. The van der Waals surface area contributed by atoms with E-state index in [9.17, 15) is 18.0 Å². The van der Waals surface area contributed by atoms with Crippen molar-refractivity contribution < 1.29 is 22.5 Å². The second-order valence-electron chi connectivity index (χ2n) is 12.9. The molecule has 0 saturated heterocycles. The van der Waals surface area contributed by atoms with Gasteiger partial charge in [-0.2, -0.15) is 0 Å². The average molecular weight is 648 g/mol. The molecule has 3 aromatic rings. The molecule has 2 heterocycles. The van der Waals surface area contributed by atoms with Crippen LogP contribution in [0.2, 0.25) is 0 Å². The number of amides is 2. The normalized spacial score (nSPS) is 16.0. The molecule has 46 heavy (non-hydrogen) atoms. The Morgan fingerprint density at radius 3 is 2.48 bits per heavy atom. The molecule has 0 atom stereocenters. The fraction of sp³-hybridized carbons (Fsp3) is 0.486. The molecule has 1 fully saturated rings. The highest BCUT2D eigenvalue weighted by Gasteiger charge is 2.49. The Bertz CT molecular complexity index is 1750. The van der Waals surface area contributed by atoms with Crippen molar-refractivity contribution in [2.75, 3.05) is 11.8 Å². The highest BCUT2D eigenvalue weighted by molar-refractivity contribution is 7.92. The maximum atomic E-state index is 13.8. The van der Waals surface area contributed by atoms with Crippen molar-refractivity contribution in [2.24, 2.45) is 10.9 Å². The van der Waals surface area contributed by atoms with Gasteiger partial charge in [-0.05, 0) is 55.9 Å². The summed E-state index contributed by atoms with van der Waals surface area (Å²) in [5.41, 5.74) is 2.82. The van der Waals surface area contributed by atoms with Crippen LogP contribution in [0.3, 0.4) is 0 Å². The molecule has 1 aromatic heterocycles. The van der Waals surface area contributed by atoms with Crippen LogP contribution < -0.4 is 4.72 Å². The minimum absolute atomic E-state index is 0.0253. The third-order valence-electron chi connectivity index (χ3n) is 9.13. The lowest BCUT2D eigenvalue weighted by molar-refractivity contribution is -0.133. The van der Waals surface area contributed by atoms with Gasteiger partial charge in [0.1, 0.15) is 17.1 Å². The predicted molar refractivity (Wildman–Crippen MR) is 179 cm³/mol. The lowest BCUT2D eigenvalue weighted by Gasteiger charge is -2.25. The molecule has 246 valence electrons. The Morgan fingerprint density at radius 2 is 1.83 bits per heavy atom. The molecule has 0 bridgehead atoms. The molecule has 1 saturated carbocycles. The summed E-state index contributed by atoms with van der Waals surface area (Å²) in [6, 6.07) is 12.6. The lowest BCUT2D eigenvalue weighted by Crippen LogP contribution is -2.40. The molecule has 2 aromatic carbocycles. The van der Waals surface area contributed by atoms with Crippen LogP contribution in [0.15, 0.2) is 56.9 Å². The predicted octanol–water partition coefficient (Wildman–Crippen LogP) is 6.62. The number of hydrogen-bond donors (Lipinski definition) is 1. The summed E-state index contributed by atoms with van der Waals surface area (Å²) in [5.74, 6) is 1.37. The van der Waals surface area contributed by atoms with Gasteiger partial charge in [0.2, 0.25) is 5.91 Å². The molecule has 10 nitrogen and oxygen atoms in total. The number of nitrogens with one attached hydrogen (secondary N) is 1. The smallest absolute Gasteiger partial charge is 0.263 e. The number of anilines is 1. The van der Waals surface area contributed by atoms with Crippen LogP contribution in [0.5, 0.6) is 0 Å². The van der Waals surface area contributed by atoms with Crippen molar-refractivity contribution in [1.82, 2.24) is 15.0 Å². The first-order valence-electron chi connectivity index (χ1n) is 16.2. The summed E-state index contributed by atoms with van der Waals surface area (Å²) in [7, 11) is -2.31. The van der Waals surface area contributed by atoms with Crippen molar-refractivity contribution in [3.63, 3.8) is 0 Å². The lowest BCUT2D eigenvalue weighted by atomic mass is 9.95. The average Bonchev–Trinajstić information content (AvgIpc) is 3.70. The molecule has 0 radical (unpaired) electrons. The van der Waals surface area contributed by atoms with Gasteiger partial charge in [-0.3, -0.25) is 24.2 Å². The Morgan fingerprint density at radius 1 is 1.11 bits per heavy atom. The standard InChI is InChI=1S/C35H45N5O5S/c1-7-8-15-31-36-35(18-11-12-19-35)34(42)40(31)21-26-16-17-28(27(20-26)22-39(6)33(41)23(2)3)29-13-9-10-14-30(29)46(43,44)38-32-24(4)25(5)45-37-32/h9-10,13-14,16-17,20,23H,7-8,11-12,15,18-19,21-22H2,1-6H3,(H,37,38). The zero-order valence-electron chi connectivity index (χ0n) is 27.7. The van der Waals surface area contributed by atoms with Gasteiger partial charge in [0.25, 0.3) is 15.9 Å². The second kappa shape index (κ2) is 13.4. The van der Waals surface area contributed by atoms with Crippen LogP contribution in [0.25, 0.3) is 11.1 Å². The fourth-order valence-corrected chi connectivity index (χ4v) is 7.69. The Hall–Kier alpha value is -3.99. The number of amidine groups is 1. The SMILES string of the molecule is CCCCC1=NC2(CCCC2)C(=O)N1Cc1ccc(-c2ccccc2S(=O)(=O)Nc2noc(C)c2C)c(CN(C)C(=O)C(C)C)c1. The third-order valence-corrected chi connectivity index (χ3v) is 10.5. The summed E-state index contributed by atoms with van der Waals surface area (Å²) in [6.07, 6.45) is 6.31. The van der Waals surface area contributed by atoms with Crippen LogP contribution in [0.4, 0.5) is 5.82 Å². The van der Waals surface area contributed by atoms with Crippen molar-refractivity contribution >= 4 is 33.5 Å². The summed E-state index contributed by atoms with van der Waals surface area (Å²) in [4.78, 5) is 35.4. The maximum Gasteiger partial charge on any atom is 0.263 e. The van der Waals surface area contributed by atoms with E-state index in [0.717, 1.165) is 61.9 Å². The Labute approximate surface area is 272 Å². The van der Waals surface area contributed by atoms with E-state index < -0.39 is 15.6 Å². The minimum atomic E-state index is -4.06. The summed E-state index contributed by atoms with van der Waals surface area (Å²) >= 11 is 0. The molecule has 1 spiro atoms. The summed E-state index contributed by atoms with van der Waals surface area (Å²) in [6.45, 7) is 9.93. The first-order chi connectivity index (χ1) is 21.9. The van der Waals surface area contributed by atoms with Crippen LogP contribution in [0, 0.1) is 19.8 Å². The van der Waals surface area contributed by atoms with Crippen LogP contribution in [-0.2, 0) is 32.7 Å². The second-order valence-corrected chi connectivity index (χ2v) is 14.6. The van der Waals surface area contributed by atoms with E-state index in [1.54, 1.807) is 50.1 Å². The van der Waals surface area contributed by atoms with Gasteiger partial charge < -0.3 is 9.42 Å². The highest BCUT2D eigenvalue weighted by atomic mass is 32.2. The molecular weight excluding hydrogens is 602 g/mol. The van der Waals surface area contributed by atoms with Gasteiger partial charge in [-0.25, -0.2) is 8.42 Å². The number of rotatable bonds is 12. The fourth-order valence-electron chi connectivity index (χ4n) is 6.41. The van der Waals surface area contributed by atoms with Gasteiger partial charge in [-0.1, -0.05) is 81.6 Å². The molecule has 5 rings (SSSR count). The van der Waals surface area contributed by atoms with Gasteiger partial charge in [-0.15, -0.1) is 0 Å². The molecule has 2 aliphatic rings. The van der Waals surface area contributed by atoms with E-state index in [1.165, 1.54) is 0 Å². The van der Waals surface area contributed by atoms with Crippen LogP contribution >= 0.6 is 0 Å². The van der Waals surface area contributed by atoms with Gasteiger partial charge in [0.15, 0.2) is 5.82 Å². The number of aliphatic imine (C=N–C) groups is 1. The number of carbonyl (C=O) groups excluding carboxylic acids is 2. The summed E-state index contributed by atoms with van der Waals surface area (Å²) < 4.78 is 35.3. The molecular formula is C35H45N5O5S. The van der Waals surface area contributed by atoms with Gasteiger partial charge in [0, 0.05) is 37.1 Å². The van der Waals surface area contributed by atoms with Crippen LogP contribution in [0.1, 0.15) is 88.2 Å². The number of carbonyl (C=O) groups is 2. The van der Waals surface area contributed by atoms with E-state index >= 15 is 0 Å². The molecule has 11 heteroatoms. The van der Waals surface area contributed by atoms with Gasteiger partial charge in [0.05, 0.1) is 11.4 Å². The van der Waals surface area contributed by atoms with E-state index in [-0.39, 0.29) is 35.0 Å². The zero-order chi connectivity index (χ0) is 33.2. The van der Waals surface area contributed by atoms with Crippen molar-refractivity contribution in [2.45, 2.75) is 103 Å². The van der Waals surface area contributed by atoms with Crippen molar-refractivity contribution in [3.05, 3.63) is 64.9 Å². The molecule has 1 N–H and O–H groups in total. The molecule has 1 aliphatic carbocycles. The number of benzene rings is 2. The van der Waals surface area contributed by atoms with Crippen molar-refractivity contribution in [3.8, 4) is 11.1 Å². The van der Waals surface area contributed by atoms with Crippen LogP contribution in [-0.4, -0.2) is 53.6 Å². The number of hydrogen-bond acceptors (Lipinski definition) is 7. The van der Waals surface area contributed by atoms with E-state index in [1.807, 2.05) is 36.9 Å². The number of nitrogens with zero attached hydrogens (tertiary/aromatic N) is 4. The largest absolute Gasteiger partial charge is 0.359 e. The van der Waals surface area contributed by atoms with Crippen molar-refractivity contribution in [1.29, 1.82) is 0 Å². The van der Waals surface area contributed by atoms with E-state index in [2.05, 4.69) is 16.8 Å². The first-order valence-corrected chi connectivity index (χ1v) is 17.7. The number of aromatic nitrogens is 1. The zero-order valence-corrected chi connectivity index (χ0v) is 28.5. The number of aryl methyl sites for hydroxylation is 1. The monoisotopic (exact) mass is 647 g/mol. The number of unbranched alkanes of at least 4 members (excludes halogenated alkanes) is 1. The Balaban J connectivity index is 1.54. The van der Waals surface area contributed by atoms with E-state index in [0.29, 0.717) is 29.0 Å². The molecule has 2 amide bonds. The minimum Gasteiger partial charge on any atom is -0.359 e. The first kappa shape index (κ1) is 33.4. The highest BCUT2D eigenvalue weighted by Crippen LogP contribution is 2.40. The summed E-state index contributed by atoms with van der Waals surface area (Å²) in [5, 5.41) is 3.89. The number of sulfonamides is 1. The maximum absolute atomic E-state index is 13.8. The Kier molecular flexibility index (Phi) is 9.72.